The average Bonchev–Trinajstić information content (AvgIpc) is 2.76. The largest absolute Gasteiger partial charge is 0.355 e. The third-order valence-corrected chi connectivity index (χ3v) is 3.96. The summed E-state index contributed by atoms with van der Waals surface area (Å²) >= 11 is 0. The van der Waals surface area contributed by atoms with Crippen molar-refractivity contribution in [2.24, 2.45) is 5.73 Å². The molecule has 4 heteroatoms. The van der Waals surface area contributed by atoms with Crippen LogP contribution in [0.25, 0.3) is 5.65 Å². The highest BCUT2D eigenvalue weighted by Crippen LogP contribution is 2.24. The van der Waals surface area contributed by atoms with Gasteiger partial charge in [0.2, 0.25) is 0 Å². The number of hydrogen-bond donors (Lipinski definition) is 1. The number of anilines is 1. The fourth-order valence-corrected chi connectivity index (χ4v) is 2.94. The molecule has 19 heavy (non-hydrogen) atoms. The standard InChI is InChI=1S/C15H22N4/c16-12-13-15(17-14-8-4-7-11-19(13)14)18-9-5-2-1-3-6-10-18/h4,7-8,11H,1-3,5-6,9-10,12,16H2. The highest BCUT2D eigenvalue weighted by atomic mass is 15.2. The lowest BCUT2D eigenvalue weighted by molar-refractivity contribution is 0.553. The molecule has 102 valence electrons. The monoisotopic (exact) mass is 258 g/mol. The smallest absolute Gasteiger partial charge is 0.152 e. The molecule has 0 atom stereocenters. The highest BCUT2D eigenvalue weighted by molar-refractivity contribution is 5.56. The zero-order valence-corrected chi connectivity index (χ0v) is 11.4. The lowest BCUT2D eigenvalue weighted by atomic mass is 10.1. The van der Waals surface area contributed by atoms with Gasteiger partial charge in [-0.2, -0.15) is 0 Å². The summed E-state index contributed by atoms with van der Waals surface area (Å²) in [5.41, 5.74) is 8.09. The topological polar surface area (TPSA) is 46.6 Å². The summed E-state index contributed by atoms with van der Waals surface area (Å²) < 4.78 is 2.12. The molecule has 0 saturated carbocycles. The second-order valence-electron chi connectivity index (χ2n) is 5.27. The molecule has 3 heterocycles. The van der Waals surface area contributed by atoms with E-state index < -0.39 is 0 Å². The molecule has 0 bridgehead atoms. The van der Waals surface area contributed by atoms with Gasteiger partial charge in [-0.05, 0) is 25.0 Å². The zero-order chi connectivity index (χ0) is 13.1. The molecule has 0 unspecified atom stereocenters. The maximum atomic E-state index is 5.95. The molecule has 1 aliphatic heterocycles. The van der Waals surface area contributed by atoms with Crippen LogP contribution in [0.2, 0.25) is 0 Å². The van der Waals surface area contributed by atoms with E-state index >= 15 is 0 Å². The fourth-order valence-electron chi connectivity index (χ4n) is 2.94. The van der Waals surface area contributed by atoms with Crippen molar-refractivity contribution in [3.05, 3.63) is 30.1 Å². The molecular weight excluding hydrogens is 236 g/mol. The molecular formula is C15H22N4. The number of nitrogens with two attached hydrogens (primary N) is 1. The van der Waals surface area contributed by atoms with Gasteiger partial charge in [0, 0.05) is 25.8 Å². The van der Waals surface area contributed by atoms with Crippen molar-refractivity contribution < 1.29 is 0 Å². The summed E-state index contributed by atoms with van der Waals surface area (Å²) in [7, 11) is 0. The first kappa shape index (κ1) is 12.5. The van der Waals surface area contributed by atoms with E-state index in [1.807, 2.05) is 18.2 Å². The Bertz CT molecular complexity index is 538. The molecule has 0 amide bonds. The average molecular weight is 258 g/mol. The first-order valence-electron chi connectivity index (χ1n) is 7.31. The van der Waals surface area contributed by atoms with E-state index in [1.54, 1.807) is 0 Å². The Hall–Kier alpha value is -1.55. The van der Waals surface area contributed by atoms with Crippen LogP contribution >= 0.6 is 0 Å². The van der Waals surface area contributed by atoms with Crippen molar-refractivity contribution in [2.45, 2.75) is 38.6 Å². The van der Waals surface area contributed by atoms with Gasteiger partial charge < -0.3 is 15.0 Å². The summed E-state index contributed by atoms with van der Waals surface area (Å²) in [5.74, 6) is 1.09. The van der Waals surface area contributed by atoms with Crippen LogP contribution in [-0.2, 0) is 6.54 Å². The van der Waals surface area contributed by atoms with Crippen LogP contribution in [0.15, 0.2) is 24.4 Å². The summed E-state index contributed by atoms with van der Waals surface area (Å²) in [6.45, 7) is 2.75. The number of pyridine rings is 1. The van der Waals surface area contributed by atoms with Gasteiger partial charge in [-0.25, -0.2) is 4.98 Å². The molecule has 1 fully saturated rings. The molecule has 2 aromatic heterocycles. The summed E-state index contributed by atoms with van der Waals surface area (Å²) in [4.78, 5) is 7.21. The molecule has 3 rings (SSSR count). The van der Waals surface area contributed by atoms with Crippen molar-refractivity contribution in [3.63, 3.8) is 0 Å². The van der Waals surface area contributed by atoms with Gasteiger partial charge in [-0.3, -0.25) is 0 Å². The van der Waals surface area contributed by atoms with Gasteiger partial charge in [0.25, 0.3) is 0 Å². The van der Waals surface area contributed by atoms with E-state index in [2.05, 4.69) is 15.5 Å². The van der Waals surface area contributed by atoms with E-state index in [9.17, 15) is 0 Å². The van der Waals surface area contributed by atoms with Crippen molar-refractivity contribution in [1.82, 2.24) is 9.38 Å². The predicted molar refractivity (Wildman–Crippen MR) is 78.4 cm³/mol. The van der Waals surface area contributed by atoms with Gasteiger partial charge in [-0.15, -0.1) is 0 Å². The van der Waals surface area contributed by atoms with Crippen LogP contribution in [-0.4, -0.2) is 22.5 Å². The third kappa shape index (κ3) is 2.45. The molecule has 2 aromatic rings. The number of hydrogen-bond acceptors (Lipinski definition) is 3. The maximum absolute atomic E-state index is 5.95. The first-order chi connectivity index (χ1) is 9.40. The SMILES string of the molecule is NCc1c(N2CCCCCCC2)nc2ccccn12. The molecule has 4 nitrogen and oxygen atoms in total. The predicted octanol–water partition coefficient (Wildman–Crippen LogP) is 2.56. The van der Waals surface area contributed by atoms with Crippen LogP contribution in [0, 0.1) is 0 Å². The van der Waals surface area contributed by atoms with Crippen molar-refractivity contribution in [1.29, 1.82) is 0 Å². The molecule has 0 spiro atoms. The number of imidazole rings is 1. The minimum absolute atomic E-state index is 0.539. The van der Waals surface area contributed by atoms with Gasteiger partial charge in [0.15, 0.2) is 5.82 Å². The number of nitrogens with zero attached hydrogens (tertiary/aromatic N) is 3. The highest BCUT2D eigenvalue weighted by Gasteiger charge is 2.17. The van der Waals surface area contributed by atoms with Crippen LogP contribution in [0.1, 0.15) is 37.8 Å². The van der Waals surface area contributed by atoms with E-state index in [4.69, 9.17) is 10.7 Å². The van der Waals surface area contributed by atoms with Crippen molar-refractivity contribution in [2.75, 3.05) is 18.0 Å². The minimum Gasteiger partial charge on any atom is -0.355 e. The molecule has 0 radical (unpaired) electrons. The Morgan fingerprint density at radius 3 is 2.53 bits per heavy atom. The van der Waals surface area contributed by atoms with E-state index in [0.717, 1.165) is 30.2 Å². The van der Waals surface area contributed by atoms with E-state index in [-0.39, 0.29) is 0 Å². The molecule has 0 aliphatic carbocycles. The molecule has 1 saturated heterocycles. The Kier molecular flexibility index (Phi) is 3.69. The first-order valence-corrected chi connectivity index (χ1v) is 7.31. The van der Waals surface area contributed by atoms with Crippen molar-refractivity contribution in [3.8, 4) is 0 Å². The van der Waals surface area contributed by atoms with Crippen LogP contribution in [0.5, 0.6) is 0 Å². The van der Waals surface area contributed by atoms with Gasteiger partial charge in [-0.1, -0.05) is 25.3 Å². The zero-order valence-electron chi connectivity index (χ0n) is 11.4. The Morgan fingerprint density at radius 2 is 1.79 bits per heavy atom. The quantitative estimate of drug-likeness (QED) is 0.900. The van der Waals surface area contributed by atoms with Gasteiger partial charge >= 0.3 is 0 Å². The van der Waals surface area contributed by atoms with E-state index in [0.29, 0.717) is 6.54 Å². The molecule has 0 aromatic carbocycles. The third-order valence-electron chi connectivity index (χ3n) is 3.96. The van der Waals surface area contributed by atoms with Crippen LogP contribution in [0.3, 0.4) is 0 Å². The summed E-state index contributed by atoms with van der Waals surface area (Å²) in [6, 6.07) is 6.11. The van der Waals surface area contributed by atoms with Crippen molar-refractivity contribution >= 4 is 11.5 Å². The minimum atomic E-state index is 0.539. The Morgan fingerprint density at radius 1 is 1.05 bits per heavy atom. The fraction of sp³-hybridized carbons (Fsp3) is 0.533. The number of aromatic nitrogens is 2. The summed E-state index contributed by atoms with van der Waals surface area (Å²) in [6.07, 6.45) is 8.63. The van der Waals surface area contributed by atoms with E-state index in [1.165, 1.54) is 32.1 Å². The summed E-state index contributed by atoms with van der Waals surface area (Å²) in [5, 5.41) is 0. The van der Waals surface area contributed by atoms with Gasteiger partial charge in [0.05, 0.1) is 5.69 Å². The van der Waals surface area contributed by atoms with Crippen LogP contribution < -0.4 is 10.6 Å². The molecule has 2 N–H and O–H groups in total. The number of fused-ring (bicyclic) bond motifs is 1. The second kappa shape index (κ2) is 5.61. The lowest BCUT2D eigenvalue weighted by Crippen LogP contribution is -2.28. The normalized spacial score (nSPS) is 17.4. The maximum Gasteiger partial charge on any atom is 0.152 e. The Balaban J connectivity index is 1.97. The second-order valence-corrected chi connectivity index (χ2v) is 5.27. The Labute approximate surface area is 114 Å². The van der Waals surface area contributed by atoms with Gasteiger partial charge in [0.1, 0.15) is 5.65 Å². The molecule has 1 aliphatic rings. The lowest BCUT2D eigenvalue weighted by Gasteiger charge is -2.25. The number of rotatable bonds is 2. The van der Waals surface area contributed by atoms with Crippen LogP contribution in [0.4, 0.5) is 5.82 Å².